The van der Waals surface area contributed by atoms with Gasteiger partial charge in [-0.3, -0.25) is 0 Å². The molecule has 7 heteroatoms. The second-order valence-corrected chi connectivity index (χ2v) is 5.10. The highest BCUT2D eigenvalue weighted by Gasteiger charge is 2.11. The number of nitrogens with zero attached hydrogens (tertiary/aromatic N) is 5. The van der Waals surface area contributed by atoms with Gasteiger partial charge in [0.15, 0.2) is 5.16 Å². The number of hydrogen-bond acceptors (Lipinski definition) is 6. The van der Waals surface area contributed by atoms with Gasteiger partial charge in [0.2, 0.25) is 0 Å². The number of aromatic nitrogens is 5. The Kier molecular flexibility index (Phi) is 2.83. The number of benzene rings is 1. The molecule has 1 aromatic carbocycles. The van der Waals surface area contributed by atoms with Gasteiger partial charge in [0.25, 0.3) is 0 Å². The van der Waals surface area contributed by atoms with Gasteiger partial charge in [-0.05, 0) is 36.9 Å². The molecule has 0 aliphatic rings. The Labute approximate surface area is 114 Å². The largest absolute Gasteiger partial charge is 0.399 e. The van der Waals surface area contributed by atoms with Crippen molar-refractivity contribution >= 4 is 28.4 Å². The van der Waals surface area contributed by atoms with Crippen LogP contribution in [0.25, 0.3) is 10.9 Å². The third-order valence-electron chi connectivity index (χ3n) is 2.86. The third-order valence-corrected chi connectivity index (χ3v) is 3.92. The Hall–Kier alpha value is -2.15. The van der Waals surface area contributed by atoms with Crippen LogP contribution in [0.15, 0.2) is 34.7 Å². The first-order valence-corrected chi connectivity index (χ1v) is 6.51. The van der Waals surface area contributed by atoms with Gasteiger partial charge in [-0.2, -0.15) is 0 Å². The molecule has 6 nitrogen and oxygen atoms in total. The quantitative estimate of drug-likeness (QED) is 0.566. The van der Waals surface area contributed by atoms with E-state index in [0.29, 0.717) is 5.69 Å². The molecule has 2 N–H and O–H groups in total. The lowest BCUT2D eigenvalue weighted by Gasteiger charge is -2.05. The summed E-state index contributed by atoms with van der Waals surface area (Å²) in [5, 5.41) is 10.7. The van der Waals surface area contributed by atoms with Crippen molar-refractivity contribution in [1.82, 2.24) is 24.7 Å². The fraction of sp³-hybridized carbons (Fsp3) is 0.167. The van der Waals surface area contributed by atoms with Crippen LogP contribution in [-0.2, 0) is 7.05 Å². The summed E-state index contributed by atoms with van der Waals surface area (Å²) >= 11 is 1.46. The first kappa shape index (κ1) is 11.9. The summed E-state index contributed by atoms with van der Waals surface area (Å²) in [5.41, 5.74) is 7.38. The maximum atomic E-state index is 5.82. The monoisotopic (exact) mass is 272 g/mol. The summed E-state index contributed by atoms with van der Waals surface area (Å²) in [6, 6.07) is 5.59. The zero-order valence-corrected chi connectivity index (χ0v) is 11.3. The standard InChI is InChI=1S/C12H12N6S/c1-7-16-17-12(18(7)2)19-11-9-5-8(13)3-4-10(9)14-6-15-11/h3-6H,13H2,1-2H3. The topological polar surface area (TPSA) is 82.5 Å². The molecule has 0 fully saturated rings. The van der Waals surface area contributed by atoms with E-state index in [1.54, 1.807) is 6.33 Å². The molecule has 0 bridgehead atoms. The predicted molar refractivity (Wildman–Crippen MR) is 73.8 cm³/mol. The fourth-order valence-electron chi connectivity index (χ4n) is 1.69. The first-order valence-electron chi connectivity index (χ1n) is 5.69. The number of fused-ring (bicyclic) bond motifs is 1. The maximum Gasteiger partial charge on any atom is 0.197 e. The van der Waals surface area contributed by atoms with Gasteiger partial charge in [-0.15, -0.1) is 10.2 Å². The minimum atomic E-state index is 0.693. The number of aryl methyl sites for hydroxylation is 1. The van der Waals surface area contributed by atoms with Gasteiger partial charge in [0.05, 0.1) is 5.52 Å². The molecule has 3 aromatic rings. The van der Waals surface area contributed by atoms with E-state index in [4.69, 9.17) is 5.73 Å². The lowest BCUT2D eigenvalue weighted by atomic mass is 10.2. The SMILES string of the molecule is Cc1nnc(Sc2ncnc3ccc(N)cc23)n1C. The zero-order valence-electron chi connectivity index (χ0n) is 10.5. The smallest absolute Gasteiger partial charge is 0.197 e. The number of nitrogens with two attached hydrogens (primary N) is 1. The minimum Gasteiger partial charge on any atom is -0.399 e. The highest BCUT2D eigenvalue weighted by Crippen LogP contribution is 2.30. The van der Waals surface area contributed by atoms with Gasteiger partial charge in [-0.25, -0.2) is 9.97 Å². The van der Waals surface area contributed by atoms with E-state index in [2.05, 4.69) is 20.2 Å². The Bertz CT molecular complexity index is 751. The molecule has 0 unspecified atom stereocenters. The van der Waals surface area contributed by atoms with E-state index >= 15 is 0 Å². The van der Waals surface area contributed by atoms with Crippen LogP contribution in [0.2, 0.25) is 0 Å². The first-order chi connectivity index (χ1) is 9.15. The number of anilines is 1. The van der Waals surface area contributed by atoms with Crippen LogP contribution in [-0.4, -0.2) is 24.7 Å². The van der Waals surface area contributed by atoms with Gasteiger partial charge in [0, 0.05) is 18.1 Å². The van der Waals surface area contributed by atoms with E-state index in [-0.39, 0.29) is 0 Å². The van der Waals surface area contributed by atoms with Crippen LogP contribution in [0.4, 0.5) is 5.69 Å². The molecule has 0 saturated carbocycles. The molecule has 0 aliphatic heterocycles. The molecule has 0 saturated heterocycles. The Balaban J connectivity index is 2.10. The summed E-state index contributed by atoms with van der Waals surface area (Å²) in [5.74, 6) is 0.861. The van der Waals surface area contributed by atoms with Gasteiger partial charge < -0.3 is 10.3 Å². The molecule has 0 spiro atoms. The number of hydrogen-bond donors (Lipinski definition) is 1. The Morgan fingerprint density at radius 3 is 2.79 bits per heavy atom. The van der Waals surface area contributed by atoms with Crippen molar-refractivity contribution in [2.45, 2.75) is 17.1 Å². The number of nitrogen functional groups attached to an aromatic ring is 1. The summed E-state index contributed by atoms with van der Waals surface area (Å²) < 4.78 is 1.92. The van der Waals surface area contributed by atoms with E-state index in [1.165, 1.54) is 11.8 Å². The molecule has 2 aromatic heterocycles. The van der Waals surface area contributed by atoms with Crippen molar-refractivity contribution in [3.63, 3.8) is 0 Å². The van der Waals surface area contributed by atoms with Crippen molar-refractivity contribution in [1.29, 1.82) is 0 Å². The van der Waals surface area contributed by atoms with Gasteiger partial charge in [-0.1, -0.05) is 0 Å². The van der Waals surface area contributed by atoms with E-state index < -0.39 is 0 Å². The van der Waals surface area contributed by atoms with E-state index in [0.717, 1.165) is 26.9 Å². The van der Waals surface area contributed by atoms with E-state index in [9.17, 15) is 0 Å². The molecule has 0 atom stereocenters. The summed E-state index contributed by atoms with van der Waals surface area (Å²) in [7, 11) is 1.93. The second kappa shape index (κ2) is 4.51. The highest BCUT2D eigenvalue weighted by atomic mass is 32.2. The van der Waals surface area contributed by atoms with Crippen molar-refractivity contribution in [2.75, 3.05) is 5.73 Å². The normalized spacial score (nSPS) is 11.1. The molecular formula is C12H12N6S. The molecule has 3 rings (SSSR count). The van der Waals surface area contributed by atoms with Crippen molar-refractivity contribution in [2.24, 2.45) is 7.05 Å². The molecule has 19 heavy (non-hydrogen) atoms. The highest BCUT2D eigenvalue weighted by molar-refractivity contribution is 7.99. The Morgan fingerprint density at radius 2 is 2.05 bits per heavy atom. The molecule has 96 valence electrons. The van der Waals surface area contributed by atoms with Crippen molar-refractivity contribution in [3.05, 3.63) is 30.4 Å². The molecular weight excluding hydrogens is 260 g/mol. The van der Waals surface area contributed by atoms with Crippen LogP contribution < -0.4 is 5.73 Å². The van der Waals surface area contributed by atoms with Crippen LogP contribution in [0.3, 0.4) is 0 Å². The molecule has 2 heterocycles. The lowest BCUT2D eigenvalue weighted by molar-refractivity contribution is 0.765. The third kappa shape index (κ3) is 2.12. The van der Waals surface area contributed by atoms with Crippen LogP contribution in [0.1, 0.15) is 5.82 Å². The van der Waals surface area contributed by atoms with E-state index in [1.807, 2.05) is 36.7 Å². The van der Waals surface area contributed by atoms with Crippen LogP contribution in [0.5, 0.6) is 0 Å². The summed E-state index contributed by atoms with van der Waals surface area (Å²) in [6.07, 6.45) is 1.55. The average molecular weight is 272 g/mol. The van der Waals surface area contributed by atoms with Crippen molar-refractivity contribution in [3.8, 4) is 0 Å². The molecule has 0 amide bonds. The molecule has 0 aliphatic carbocycles. The van der Waals surface area contributed by atoms with Crippen LogP contribution in [0, 0.1) is 6.92 Å². The molecule has 0 radical (unpaired) electrons. The minimum absolute atomic E-state index is 0.693. The zero-order chi connectivity index (χ0) is 13.4. The van der Waals surface area contributed by atoms with Gasteiger partial charge in [0.1, 0.15) is 17.2 Å². The summed E-state index contributed by atoms with van der Waals surface area (Å²) in [4.78, 5) is 8.54. The predicted octanol–water partition coefficient (Wildman–Crippen LogP) is 1.80. The average Bonchev–Trinajstić information content (AvgIpc) is 2.71. The second-order valence-electron chi connectivity index (χ2n) is 4.15. The van der Waals surface area contributed by atoms with Crippen LogP contribution >= 0.6 is 11.8 Å². The lowest BCUT2D eigenvalue weighted by Crippen LogP contribution is -1.95. The number of rotatable bonds is 2. The fourth-order valence-corrected chi connectivity index (χ4v) is 2.59. The van der Waals surface area contributed by atoms with Gasteiger partial charge >= 0.3 is 0 Å². The maximum absolute atomic E-state index is 5.82. The van der Waals surface area contributed by atoms with Crippen molar-refractivity contribution < 1.29 is 0 Å². The summed E-state index contributed by atoms with van der Waals surface area (Å²) in [6.45, 7) is 1.91. The Morgan fingerprint density at radius 1 is 1.21 bits per heavy atom.